The van der Waals surface area contributed by atoms with Gasteiger partial charge in [-0.2, -0.15) is 5.10 Å². The van der Waals surface area contributed by atoms with E-state index in [0.29, 0.717) is 18.2 Å². The van der Waals surface area contributed by atoms with Gasteiger partial charge in [-0.25, -0.2) is 9.67 Å². The number of benzene rings is 1. The van der Waals surface area contributed by atoms with E-state index in [0.717, 1.165) is 38.3 Å². The molecule has 1 saturated heterocycles. The quantitative estimate of drug-likeness (QED) is 0.849. The zero-order valence-corrected chi connectivity index (χ0v) is 14.9. The molecule has 0 saturated carbocycles. The van der Waals surface area contributed by atoms with E-state index in [1.165, 1.54) is 6.33 Å². The number of aromatic nitrogens is 3. The number of amides is 1. The number of para-hydroxylation sites is 1. The Hall–Kier alpha value is -2.25. The zero-order valence-electron chi connectivity index (χ0n) is 14.9. The molecule has 1 aliphatic rings. The summed E-state index contributed by atoms with van der Waals surface area (Å²) in [5.41, 5.74) is 1.35. The van der Waals surface area contributed by atoms with Crippen molar-refractivity contribution in [2.45, 2.75) is 19.4 Å². The van der Waals surface area contributed by atoms with Crippen LogP contribution in [0.3, 0.4) is 0 Å². The van der Waals surface area contributed by atoms with Crippen molar-refractivity contribution in [1.82, 2.24) is 29.9 Å². The summed E-state index contributed by atoms with van der Waals surface area (Å²) in [5.74, 6) is -0.0725. The monoisotopic (exact) mass is 342 g/mol. The maximum Gasteiger partial charge on any atom is 0.253 e. The lowest BCUT2D eigenvalue weighted by Gasteiger charge is -2.36. The molecule has 0 spiro atoms. The summed E-state index contributed by atoms with van der Waals surface area (Å²) in [5, 5.41) is 7.16. The van der Waals surface area contributed by atoms with Gasteiger partial charge in [-0.05, 0) is 32.5 Å². The maximum absolute atomic E-state index is 12.6. The molecule has 1 fully saturated rings. The van der Waals surface area contributed by atoms with Gasteiger partial charge >= 0.3 is 0 Å². The number of nitrogens with zero attached hydrogens (tertiary/aromatic N) is 5. The summed E-state index contributed by atoms with van der Waals surface area (Å²) in [6, 6.07) is 7.91. The standard InChI is InChI=1S/C18H26N6O/c1-15(23-11-9-22(2)10-12-23)7-8-20-18(25)16-5-3-4-6-17(16)24-14-19-13-21-24/h3-6,13-15H,7-12H2,1-2H3,(H,20,25)/t15-/m0/s1. The van der Waals surface area contributed by atoms with Crippen LogP contribution in [0, 0.1) is 0 Å². The zero-order chi connectivity index (χ0) is 17.6. The van der Waals surface area contributed by atoms with Crippen LogP contribution in [-0.4, -0.2) is 76.3 Å². The minimum Gasteiger partial charge on any atom is -0.352 e. The summed E-state index contributed by atoms with van der Waals surface area (Å²) in [6.45, 7) is 7.32. The fraction of sp³-hybridized carbons (Fsp3) is 0.500. The van der Waals surface area contributed by atoms with Crippen LogP contribution in [0.4, 0.5) is 0 Å². The molecule has 1 aromatic heterocycles. The molecule has 0 unspecified atom stereocenters. The smallest absolute Gasteiger partial charge is 0.253 e. The van der Waals surface area contributed by atoms with Crippen molar-refractivity contribution >= 4 is 5.91 Å². The average Bonchev–Trinajstić information content (AvgIpc) is 3.16. The third kappa shape index (κ3) is 4.43. The Bertz CT molecular complexity index is 679. The first kappa shape index (κ1) is 17.6. The van der Waals surface area contributed by atoms with Gasteiger partial charge in [-0.3, -0.25) is 9.69 Å². The molecule has 0 aliphatic carbocycles. The van der Waals surface area contributed by atoms with Gasteiger partial charge in [0.2, 0.25) is 0 Å². The summed E-state index contributed by atoms with van der Waals surface area (Å²) in [7, 11) is 2.16. The molecule has 0 bridgehead atoms. The Balaban J connectivity index is 1.53. The second-order valence-corrected chi connectivity index (χ2v) is 6.59. The topological polar surface area (TPSA) is 66.3 Å². The highest BCUT2D eigenvalue weighted by Crippen LogP contribution is 2.13. The van der Waals surface area contributed by atoms with Gasteiger partial charge < -0.3 is 10.2 Å². The van der Waals surface area contributed by atoms with Crippen molar-refractivity contribution in [2.75, 3.05) is 39.8 Å². The van der Waals surface area contributed by atoms with E-state index in [-0.39, 0.29) is 5.91 Å². The third-order valence-electron chi connectivity index (χ3n) is 4.82. The normalized spacial score (nSPS) is 17.4. The maximum atomic E-state index is 12.6. The molecule has 1 aliphatic heterocycles. The molecule has 2 heterocycles. The molecule has 2 aromatic rings. The summed E-state index contributed by atoms with van der Waals surface area (Å²) in [6.07, 6.45) is 4.01. The lowest BCUT2D eigenvalue weighted by atomic mass is 10.1. The van der Waals surface area contributed by atoms with Crippen molar-refractivity contribution < 1.29 is 4.79 Å². The van der Waals surface area contributed by atoms with Gasteiger partial charge in [0, 0.05) is 38.8 Å². The Morgan fingerprint density at radius 1 is 1.24 bits per heavy atom. The number of carbonyl (C=O) groups is 1. The lowest BCUT2D eigenvalue weighted by molar-refractivity contribution is 0.0935. The molecule has 134 valence electrons. The number of nitrogens with one attached hydrogen (secondary N) is 1. The van der Waals surface area contributed by atoms with Crippen LogP contribution in [0.25, 0.3) is 5.69 Å². The molecular formula is C18H26N6O. The van der Waals surface area contributed by atoms with Crippen LogP contribution >= 0.6 is 0 Å². The molecule has 1 atom stereocenters. The molecule has 25 heavy (non-hydrogen) atoms. The first-order valence-corrected chi connectivity index (χ1v) is 8.80. The second kappa shape index (κ2) is 8.22. The molecule has 1 amide bonds. The Morgan fingerprint density at radius 3 is 2.72 bits per heavy atom. The first-order valence-electron chi connectivity index (χ1n) is 8.80. The van der Waals surface area contributed by atoms with Crippen LogP contribution < -0.4 is 5.32 Å². The Morgan fingerprint density at radius 2 is 2.00 bits per heavy atom. The van der Waals surface area contributed by atoms with Crippen LogP contribution in [0.1, 0.15) is 23.7 Å². The first-order chi connectivity index (χ1) is 12.1. The second-order valence-electron chi connectivity index (χ2n) is 6.59. The number of piperazine rings is 1. The summed E-state index contributed by atoms with van der Waals surface area (Å²) in [4.78, 5) is 21.4. The summed E-state index contributed by atoms with van der Waals surface area (Å²) >= 11 is 0. The number of rotatable bonds is 6. The van der Waals surface area contributed by atoms with Crippen molar-refractivity contribution in [3.63, 3.8) is 0 Å². The van der Waals surface area contributed by atoms with Crippen molar-refractivity contribution in [3.05, 3.63) is 42.5 Å². The minimum absolute atomic E-state index is 0.0725. The molecule has 1 aromatic carbocycles. The fourth-order valence-electron chi connectivity index (χ4n) is 3.13. The highest BCUT2D eigenvalue weighted by atomic mass is 16.1. The van der Waals surface area contributed by atoms with E-state index >= 15 is 0 Å². The van der Waals surface area contributed by atoms with Gasteiger partial charge in [0.15, 0.2) is 0 Å². The molecule has 0 radical (unpaired) electrons. The molecule has 7 heteroatoms. The predicted octanol–water partition coefficient (Wildman–Crippen LogP) is 1.02. The number of hydrogen-bond donors (Lipinski definition) is 1. The number of hydrogen-bond acceptors (Lipinski definition) is 5. The van der Waals surface area contributed by atoms with Crippen molar-refractivity contribution in [1.29, 1.82) is 0 Å². The van der Waals surface area contributed by atoms with Crippen LogP contribution in [0.15, 0.2) is 36.9 Å². The van der Waals surface area contributed by atoms with Crippen LogP contribution in [-0.2, 0) is 0 Å². The highest BCUT2D eigenvalue weighted by Gasteiger charge is 2.19. The predicted molar refractivity (Wildman–Crippen MR) is 96.8 cm³/mol. The Kier molecular flexibility index (Phi) is 5.78. The van der Waals surface area contributed by atoms with Gasteiger partial charge in [-0.1, -0.05) is 12.1 Å². The third-order valence-corrected chi connectivity index (χ3v) is 4.82. The van der Waals surface area contributed by atoms with E-state index < -0.39 is 0 Å². The number of carbonyl (C=O) groups excluding carboxylic acids is 1. The van der Waals surface area contributed by atoms with Crippen molar-refractivity contribution in [3.8, 4) is 5.69 Å². The molecule has 1 N–H and O–H groups in total. The van der Waals surface area contributed by atoms with E-state index in [1.54, 1.807) is 11.0 Å². The largest absolute Gasteiger partial charge is 0.352 e. The van der Waals surface area contributed by atoms with E-state index in [1.807, 2.05) is 24.3 Å². The fourth-order valence-corrected chi connectivity index (χ4v) is 3.13. The van der Waals surface area contributed by atoms with Gasteiger partial charge in [0.05, 0.1) is 11.3 Å². The average molecular weight is 342 g/mol. The Labute approximate surface area is 148 Å². The van der Waals surface area contributed by atoms with Gasteiger partial charge in [0.25, 0.3) is 5.91 Å². The van der Waals surface area contributed by atoms with Crippen LogP contribution in [0.2, 0.25) is 0 Å². The number of likely N-dealkylation sites (N-methyl/N-ethyl adjacent to an activating group) is 1. The minimum atomic E-state index is -0.0725. The SMILES string of the molecule is C[C@@H](CCNC(=O)c1ccccc1-n1cncn1)N1CCN(C)CC1. The molecule has 3 rings (SSSR count). The molecular weight excluding hydrogens is 316 g/mol. The van der Waals surface area contributed by atoms with E-state index in [4.69, 9.17) is 0 Å². The van der Waals surface area contributed by atoms with E-state index in [2.05, 4.69) is 39.2 Å². The van der Waals surface area contributed by atoms with Crippen LogP contribution in [0.5, 0.6) is 0 Å². The van der Waals surface area contributed by atoms with Gasteiger partial charge in [0.1, 0.15) is 12.7 Å². The van der Waals surface area contributed by atoms with Crippen molar-refractivity contribution in [2.24, 2.45) is 0 Å². The lowest BCUT2D eigenvalue weighted by Crippen LogP contribution is -2.48. The van der Waals surface area contributed by atoms with Gasteiger partial charge in [-0.15, -0.1) is 0 Å². The van der Waals surface area contributed by atoms with E-state index in [9.17, 15) is 4.79 Å². The highest BCUT2D eigenvalue weighted by molar-refractivity contribution is 5.97. The molecule has 7 nitrogen and oxygen atoms in total. The summed E-state index contributed by atoms with van der Waals surface area (Å²) < 4.78 is 1.61.